The van der Waals surface area contributed by atoms with Crippen molar-refractivity contribution in [2.24, 2.45) is 5.92 Å². The van der Waals surface area contributed by atoms with Crippen LogP contribution in [0.2, 0.25) is 0 Å². The number of carbonyl (C=O) groups excluding carboxylic acids is 3. The first-order valence-electron chi connectivity index (χ1n) is 6.83. The van der Waals surface area contributed by atoms with Crippen molar-refractivity contribution in [3.8, 4) is 0 Å². The maximum absolute atomic E-state index is 12.4. The van der Waals surface area contributed by atoms with E-state index in [0.29, 0.717) is 0 Å². The molecule has 0 heterocycles. The van der Waals surface area contributed by atoms with Crippen molar-refractivity contribution in [1.29, 1.82) is 0 Å². The first kappa shape index (κ1) is 16.9. The van der Waals surface area contributed by atoms with Crippen LogP contribution in [0, 0.1) is 5.92 Å². The van der Waals surface area contributed by atoms with Crippen LogP contribution in [-0.2, 0) is 19.1 Å². The molecule has 0 amide bonds. The summed E-state index contributed by atoms with van der Waals surface area (Å²) in [5.74, 6) is -3.97. The fraction of sp³-hybridized carbons (Fsp3) is 0.438. The number of rotatable bonds is 6. The second-order valence-electron chi connectivity index (χ2n) is 5.13. The van der Waals surface area contributed by atoms with Gasteiger partial charge in [0.1, 0.15) is 0 Å². The molecular weight excluding hydrogens is 272 g/mol. The molecule has 0 aliphatic heterocycles. The minimum absolute atomic E-state index is 0.268. The summed E-state index contributed by atoms with van der Waals surface area (Å²) >= 11 is 0. The monoisotopic (exact) mass is 292 g/mol. The van der Waals surface area contributed by atoms with E-state index < -0.39 is 35.8 Å². The van der Waals surface area contributed by atoms with Crippen LogP contribution in [-0.4, -0.2) is 29.9 Å². The van der Waals surface area contributed by atoms with Crippen LogP contribution in [0.3, 0.4) is 0 Å². The van der Waals surface area contributed by atoms with Crippen molar-refractivity contribution in [2.45, 2.75) is 39.9 Å². The zero-order valence-electron chi connectivity index (χ0n) is 12.7. The highest BCUT2D eigenvalue weighted by atomic mass is 16.6. The average Bonchev–Trinajstić information content (AvgIpc) is 2.38. The lowest BCUT2D eigenvalue weighted by molar-refractivity contribution is -0.163. The number of ether oxygens (including phenoxy) is 2. The van der Waals surface area contributed by atoms with Crippen molar-refractivity contribution in [3.05, 3.63) is 35.9 Å². The van der Waals surface area contributed by atoms with E-state index in [1.54, 1.807) is 58.0 Å². The Morgan fingerprint density at radius 1 is 0.810 bits per heavy atom. The molecule has 5 heteroatoms. The third-order valence-corrected chi connectivity index (χ3v) is 2.50. The van der Waals surface area contributed by atoms with Gasteiger partial charge in [-0.15, -0.1) is 0 Å². The van der Waals surface area contributed by atoms with Gasteiger partial charge in [0.2, 0.25) is 5.92 Å². The number of ketones is 1. The van der Waals surface area contributed by atoms with E-state index in [0.717, 1.165) is 0 Å². The third kappa shape index (κ3) is 5.02. The fourth-order valence-electron chi connectivity index (χ4n) is 1.68. The second-order valence-corrected chi connectivity index (χ2v) is 5.13. The summed E-state index contributed by atoms with van der Waals surface area (Å²) in [5.41, 5.74) is 0.268. The smallest absolute Gasteiger partial charge is 0.328 e. The van der Waals surface area contributed by atoms with E-state index in [2.05, 4.69) is 0 Å². The first-order chi connectivity index (χ1) is 9.82. The topological polar surface area (TPSA) is 69.7 Å². The number of hydrogen-bond acceptors (Lipinski definition) is 5. The second kappa shape index (κ2) is 7.57. The molecule has 0 aromatic heterocycles. The van der Waals surface area contributed by atoms with E-state index in [9.17, 15) is 14.4 Å². The van der Waals surface area contributed by atoms with Crippen molar-refractivity contribution in [2.75, 3.05) is 0 Å². The molecule has 0 unspecified atom stereocenters. The normalized spacial score (nSPS) is 10.8. The van der Waals surface area contributed by atoms with Crippen LogP contribution in [0.5, 0.6) is 0 Å². The Bertz CT molecular complexity index is 483. The van der Waals surface area contributed by atoms with Gasteiger partial charge in [-0.2, -0.15) is 0 Å². The van der Waals surface area contributed by atoms with E-state index in [-0.39, 0.29) is 5.56 Å². The van der Waals surface area contributed by atoms with Crippen LogP contribution >= 0.6 is 0 Å². The molecule has 1 aromatic rings. The molecule has 1 aromatic carbocycles. The number of Topliss-reactive ketones (excluding diaryl/α,β-unsaturated/α-hetero) is 1. The molecule has 5 nitrogen and oxygen atoms in total. The highest BCUT2D eigenvalue weighted by Crippen LogP contribution is 2.15. The van der Waals surface area contributed by atoms with Gasteiger partial charge in [0.05, 0.1) is 12.2 Å². The van der Waals surface area contributed by atoms with Gasteiger partial charge in [0.25, 0.3) is 0 Å². The number of esters is 2. The third-order valence-electron chi connectivity index (χ3n) is 2.50. The van der Waals surface area contributed by atoms with Gasteiger partial charge in [0.15, 0.2) is 5.78 Å². The lowest BCUT2D eigenvalue weighted by Crippen LogP contribution is -2.37. The lowest BCUT2D eigenvalue weighted by atomic mass is 9.97. The van der Waals surface area contributed by atoms with Gasteiger partial charge >= 0.3 is 11.9 Å². The predicted octanol–water partition coefficient (Wildman–Crippen LogP) is 2.39. The van der Waals surface area contributed by atoms with E-state index >= 15 is 0 Å². The Kier molecular flexibility index (Phi) is 6.09. The van der Waals surface area contributed by atoms with Crippen LogP contribution in [0.1, 0.15) is 38.1 Å². The zero-order chi connectivity index (χ0) is 16.0. The minimum atomic E-state index is -1.59. The van der Waals surface area contributed by atoms with Crippen LogP contribution in [0.15, 0.2) is 30.3 Å². The largest absolute Gasteiger partial charge is 0.462 e. The van der Waals surface area contributed by atoms with Gasteiger partial charge in [-0.05, 0) is 27.7 Å². The molecule has 114 valence electrons. The van der Waals surface area contributed by atoms with E-state index in [4.69, 9.17) is 9.47 Å². The Balaban J connectivity index is 3.04. The average molecular weight is 292 g/mol. The van der Waals surface area contributed by atoms with Crippen molar-refractivity contribution >= 4 is 17.7 Å². The molecule has 0 aliphatic carbocycles. The maximum Gasteiger partial charge on any atom is 0.328 e. The molecule has 21 heavy (non-hydrogen) atoms. The molecule has 0 atom stereocenters. The summed E-state index contributed by atoms with van der Waals surface area (Å²) in [7, 11) is 0. The number of benzene rings is 1. The van der Waals surface area contributed by atoms with Crippen LogP contribution in [0.4, 0.5) is 0 Å². The Hall–Kier alpha value is -2.17. The van der Waals surface area contributed by atoms with E-state index in [1.165, 1.54) is 0 Å². The summed E-state index contributed by atoms with van der Waals surface area (Å²) in [5, 5.41) is 0. The zero-order valence-corrected chi connectivity index (χ0v) is 12.7. The summed E-state index contributed by atoms with van der Waals surface area (Å²) in [6.07, 6.45) is -0.842. The van der Waals surface area contributed by atoms with Gasteiger partial charge in [0, 0.05) is 5.56 Å². The molecule has 0 radical (unpaired) electrons. The van der Waals surface area contributed by atoms with Crippen LogP contribution in [0.25, 0.3) is 0 Å². The van der Waals surface area contributed by atoms with Gasteiger partial charge in [-0.1, -0.05) is 30.3 Å². The van der Waals surface area contributed by atoms with Gasteiger partial charge in [-0.3, -0.25) is 14.4 Å². The van der Waals surface area contributed by atoms with Gasteiger partial charge in [-0.25, -0.2) is 0 Å². The van der Waals surface area contributed by atoms with E-state index in [1.807, 2.05) is 0 Å². The summed E-state index contributed by atoms with van der Waals surface area (Å²) in [6.45, 7) is 6.59. The SMILES string of the molecule is CC(C)OC(=O)C(C(=O)OC(C)C)C(=O)c1ccccc1. The first-order valence-corrected chi connectivity index (χ1v) is 6.83. The molecular formula is C16H20O5. The fourth-order valence-corrected chi connectivity index (χ4v) is 1.68. The highest BCUT2D eigenvalue weighted by molar-refractivity contribution is 6.20. The van der Waals surface area contributed by atoms with Crippen molar-refractivity contribution in [1.82, 2.24) is 0 Å². The molecule has 0 fully saturated rings. The summed E-state index contributed by atoms with van der Waals surface area (Å²) in [6, 6.07) is 8.14. The highest BCUT2D eigenvalue weighted by Gasteiger charge is 2.38. The summed E-state index contributed by atoms with van der Waals surface area (Å²) < 4.78 is 9.99. The standard InChI is InChI=1S/C16H20O5/c1-10(2)20-15(18)13(16(19)21-11(3)4)14(17)12-8-6-5-7-9-12/h5-11,13H,1-4H3. The Morgan fingerprint density at radius 3 is 1.62 bits per heavy atom. The summed E-state index contributed by atoms with van der Waals surface area (Å²) in [4.78, 5) is 36.5. The quantitative estimate of drug-likeness (QED) is 0.457. The minimum Gasteiger partial charge on any atom is -0.462 e. The number of carbonyl (C=O) groups is 3. The predicted molar refractivity (Wildman–Crippen MR) is 76.7 cm³/mol. The molecule has 0 bridgehead atoms. The molecule has 0 spiro atoms. The van der Waals surface area contributed by atoms with Crippen molar-refractivity contribution < 1.29 is 23.9 Å². The lowest BCUT2D eigenvalue weighted by Gasteiger charge is -2.17. The molecule has 0 N–H and O–H groups in total. The Labute approximate surface area is 124 Å². The van der Waals surface area contributed by atoms with Crippen molar-refractivity contribution in [3.63, 3.8) is 0 Å². The molecule has 0 saturated carbocycles. The number of hydrogen-bond donors (Lipinski definition) is 0. The molecule has 0 saturated heterocycles. The maximum atomic E-state index is 12.4. The molecule has 0 aliphatic rings. The van der Waals surface area contributed by atoms with Crippen LogP contribution < -0.4 is 0 Å². The van der Waals surface area contributed by atoms with Gasteiger partial charge < -0.3 is 9.47 Å². The Morgan fingerprint density at radius 2 is 1.24 bits per heavy atom. The molecule has 1 rings (SSSR count).